The highest BCUT2D eigenvalue weighted by molar-refractivity contribution is 5.82. The van der Waals surface area contributed by atoms with Crippen LogP contribution in [0.5, 0.6) is 0 Å². The average Bonchev–Trinajstić information content (AvgIpc) is 2.64. The Morgan fingerprint density at radius 3 is 1.93 bits per heavy atom. The summed E-state index contributed by atoms with van der Waals surface area (Å²) in [5, 5.41) is 0. The van der Waals surface area contributed by atoms with Gasteiger partial charge in [-0.25, -0.2) is 9.59 Å². The smallest absolute Gasteiger partial charge is 0.411 e. The SMILES string of the molecule is COC(=O)[C@H](Cc1ccccc1)N(Cc1ccccc1)C(=O)OC(C)(C)C. The van der Waals surface area contributed by atoms with Crippen LogP contribution in [0, 0.1) is 0 Å². The Morgan fingerprint density at radius 2 is 1.44 bits per heavy atom. The zero-order chi connectivity index (χ0) is 19.9. The molecule has 0 saturated heterocycles. The Balaban J connectivity index is 2.35. The van der Waals surface area contributed by atoms with E-state index in [2.05, 4.69) is 0 Å². The molecule has 0 heterocycles. The van der Waals surface area contributed by atoms with E-state index in [0.717, 1.165) is 11.1 Å². The third-order valence-corrected chi connectivity index (χ3v) is 3.95. The van der Waals surface area contributed by atoms with Gasteiger partial charge in [0.15, 0.2) is 0 Å². The summed E-state index contributed by atoms with van der Waals surface area (Å²) in [5.41, 5.74) is 1.18. The predicted octanol–water partition coefficient (Wildman–Crippen LogP) is 4.21. The summed E-state index contributed by atoms with van der Waals surface area (Å²) in [6.07, 6.45) is -0.197. The molecule has 0 unspecified atom stereocenters. The molecule has 0 aliphatic heterocycles. The number of hydrogen-bond acceptors (Lipinski definition) is 4. The molecule has 144 valence electrons. The van der Waals surface area contributed by atoms with Crippen LogP contribution >= 0.6 is 0 Å². The first-order chi connectivity index (χ1) is 12.8. The predicted molar refractivity (Wildman–Crippen MR) is 104 cm³/mol. The number of esters is 1. The molecule has 5 heteroatoms. The molecule has 0 aromatic heterocycles. The molecule has 2 aromatic carbocycles. The van der Waals surface area contributed by atoms with Gasteiger partial charge in [-0.05, 0) is 31.9 Å². The second-order valence-corrected chi connectivity index (χ2v) is 7.32. The Morgan fingerprint density at radius 1 is 0.926 bits per heavy atom. The average molecular weight is 369 g/mol. The van der Waals surface area contributed by atoms with Crippen molar-refractivity contribution < 1.29 is 19.1 Å². The minimum Gasteiger partial charge on any atom is -0.467 e. The number of ether oxygens (including phenoxy) is 2. The van der Waals surface area contributed by atoms with Gasteiger partial charge in [-0.1, -0.05) is 60.7 Å². The minimum absolute atomic E-state index is 0.252. The lowest BCUT2D eigenvalue weighted by atomic mass is 10.0. The summed E-state index contributed by atoms with van der Waals surface area (Å²) in [5.74, 6) is -0.472. The first kappa shape index (κ1) is 20.5. The molecule has 2 rings (SSSR count). The molecule has 5 nitrogen and oxygen atoms in total. The van der Waals surface area contributed by atoms with Crippen LogP contribution in [0.25, 0.3) is 0 Å². The van der Waals surface area contributed by atoms with E-state index in [1.807, 2.05) is 60.7 Å². The fourth-order valence-electron chi connectivity index (χ4n) is 2.70. The molecular formula is C22H27NO4. The number of carbonyl (C=O) groups excluding carboxylic acids is 2. The number of amides is 1. The maximum atomic E-state index is 12.9. The lowest BCUT2D eigenvalue weighted by Gasteiger charge is -2.32. The normalized spacial score (nSPS) is 12.1. The largest absolute Gasteiger partial charge is 0.467 e. The molecule has 0 radical (unpaired) electrons. The van der Waals surface area contributed by atoms with Crippen molar-refractivity contribution in [1.82, 2.24) is 4.90 Å². The number of hydrogen-bond donors (Lipinski definition) is 0. The van der Waals surface area contributed by atoms with Crippen LogP contribution in [-0.2, 0) is 27.2 Å². The summed E-state index contributed by atoms with van der Waals surface area (Å²) in [4.78, 5) is 26.9. The lowest BCUT2D eigenvalue weighted by molar-refractivity contribution is -0.147. The lowest BCUT2D eigenvalue weighted by Crippen LogP contribution is -2.48. The van der Waals surface area contributed by atoms with E-state index in [4.69, 9.17) is 9.47 Å². The topological polar surface area (TPSA) is 55.8 Å². The van der Waals surface area contributed by atoms with Crippen molar-refractivity contribution in [3.05, 3.63) is 71.8 Å². The van der Waals surface area contributed by atoms with Gasteiger partial charge in [0.25, 0.3) is 0 Å². The van der Waals surface area contributed by atoms with Crippen LogP contribution in [0.3, 0.4) is 0 Å². The van der Waals surface area contributed by atoms with Gasteiger partial charge in [0, 0.05) is 13.0 Å². The Hall–Kier alpha value is -2.82. The molecule has 2 aromatic rings. The Bertz CT molecular complexity index is 738. The van der Waals surface area contributed by atoms with Crippen LogP contribution in [0.15, 0.2) is 60.7 Å². The minimum atomic E-state index is -0.785. The number of nitrogens with zero attached hydrogens (tertiary/aromatic N) is 1. The van der Waals surface area contributed by atoms with Crippen molar-refractivity contribution >= 4 is 12.1 Å². The maximum absolute atomic E-state index is 12.9. The summed E-state index contributed by atoms with van der Waals surface area (Å²) in [6, 6.07) is 18.3. The maximum Gasteiger partial charge on any atom is 0.411 e. The van der Waals surface area contributed by atoms with Crippen LogP contribution in [0.1, 0.15) is 31.9 Å². The van der Waals surface area contributed by atoms with Gasteiger partial charge >= 0.3 is 12.1 Å². The van der Waals surface area contributed by atoms with E-state index in [1.54, 1.807) is 20.8 Å². The number of rotatable bonds is 6. The van der Waals surface area contributed by atoms with Crippen molar-refractivity contribution in [3.63, 3.8) is 0 Å². The van der Waals surface area contributed by atoms with Gasteiger partial charge in [0.2, 0.25) is 0 Å². The quantitative estimate of drug-likeness (QED) is 0.716. The molecule has 0 N–H and O–H groups in total. The number of benzene rings is 2. The third kappa shape index (κ3) is 6.44. The molecule has 27 heavy (non-hydrogen) atoms. The zero-order valence-corrected chi connectivity index (χ0v) is 16.3. The Kier molecular flexibility index (Phi) is 6.99. The molecular weight excluding hydrogens is 342 g/mol. The van der Waals surface area contributed by atoms with Gasteiger partial charge in [0.1, 0.15) is 11.6 Å². The summed E-state index contributed by atoms with van der Waals surface area (Å²) < 4.78 is 10.6. The highest BCUT2D eigenvalue weighted by Crippen LogP contribution is 2.19. The van der Waals surface area contributed by atoms with E-state index in [0.29, 0.717) is 6.42 Å². The van der Waals surface area contributed by atoms with E-state index in [-0.39, 0.29) is 6.54 Å². The molecule has 0 saturated carbocycles. The summed E-state index contributed by atoms with van der Waals surface area (Å²) in [6.45, 7) is 5.66. The molecule has 0 spiro atoms. The van der Waals surface area contributed by atoms with E-state index in [1.165, 1.54) is 12.0 Å². The highest BCUT2D eigenvalue weighted by Gasteiger charge is 2.34. The highest BCUT2D eigenvalue weighted by atomic mass is 16.6. The molecule has 0 bridgehead atoms. The van der Waals surface area contributed by atoms with Crippen molar-refractivity contribution in [2.75, 3.05) is 7.11 Å². The first-order valence-electron chi connectivity index (χ1n) is 8.95. The number of carbonyl (C=O) groups is 2. The standard InChI is InChI=1S/C22H27NO4/c1-22(2,3)27-21(25)23(16-18-13-9-6-10-14-18)19(20(24)26-4)15-17-11-7-5-8-12-17/h5-14,19H,15-16H2,1-4H3/t19-/m0/s1. The van der Waals surface area contributed by atoms with Gasteiger partial charge in [-0.15, -0.1) is 0 Å². The summed E-state index contributed by atoms with van der Waals surface area (Å²) in [7, 11) is 1.33. The van der Waals surface area contributed by atoms with Crippen LogP contribution in [-0.4, -0.2) is 35.7 Å². The van der Waals surface area contributed by atoms with Crippen LogP contribution in [0.2, 0.25) is 0 Å². The van der Waals surface area contributed by atoms with Crippen molar-refractivity contribution in [3.8, 4) is 0 Å². The van der Waals surface area contributed by atoms with Crippen LogP contribution in [0.4, 0.5) is 4.79 Å². The fourth-order valence-corrected chi connectivity index (χ4v) is 2.70. The fraction of sp³-hybridized carbons (Fsp3) is 0.364. The molecule has 1 atom stereocenters. The van der Waals surface area contributed by atoms with Crippen molar-refractivity contribution in [2.45, 2.75) is 45.4 Å². The molecule has 0 aliphatic carbocycles. The van der Waals surface area contributed by atoms with Gasteiger partial charge < -0.3 is 9.47 Å². The number of methoxy groups -OCH3 is 1. The Labute approximate surface area is 160 Å². The summed E-state index contributed by atoms with van der Waals surface area (Å²) >= 11 is 0. The van der Waals surface area contributed by atoms with Gasteiger partial charge in [0.05, 0.1) is 7.11 Å². The van der Waals surface area contributed by atoms with E-state index < -0.39 is 23.7 Å². The van der Waals surface area contributed by atoms with Gasteiger partial charge in [-0.2, -0.15) is 0 Å². The zero-order valence-electron chi connectivity index (χ0n) is 16.3. The molecule has 1 amide bonds. The van der Waals surface area contributed by atoms with Crippen molar-refractivity contribution in [2.24, 2.45) is 0 Å². The third-order valence-electron chi connectivity index (χ3n) is 3.95. The molecule has 0 aliphatic rings. The molecule has 0 fully saturated rings. The van der Waals surface area contributed by atoms with Crippen molar-refractivity contribution in [1.29, 1.82) is 0 Å². The van der Waals surface area contributed by atoms with Crippen LogP contribution < -0.4 is 0 Å². The first-order valence-corrected chi connectivity index (χ1v) is 8.95. The van der Waals surface area contributed by atoms with E-state index in [9.17, 15) is 9.59 Å². The second-order valence-electron chi connectivity index (χ2n) is 7.32. The van der Waals surface area contributed by atoms with Gasteiger partial charge in [-0.3, -0.25) is 4.90 Å². The monoisotopic (exact) mass is 369 g/mol. The second kappa shape index (κ2) is 9.21. The van der Waals surface area contributed by atoms with E-state index >= 15 is 0 Å².